The van der Waals surface area contributed by atoms with Crippen LogP contribution in [0.25, 0.3) is 0 Å². The highest BCUT2D eigenvalue weighted by Gasteiger charge is 2.16. The number of amides is 2. The summed E-state index contributed by atoms with van der Waals surface area (Å²) in [6.45, 7) is 8.98. The smallest absolute Gasteiger partial charge is 0.256 e. The predicted molar refractivity (Wildman–Crippen MR) is 124 cm³/mol. The largest absolute Gasteiger partial charge is 0.361 e. The second-order valence-corrected chi connectivity index (χ2v) is 8.12. The molecule has 6 nitrogen and oxygen atoms in total. The van der Waals surface area contributed by atoms with Gasteiger partial charge < -0.3 is 14.7 Å². The van der Waals surface area contributed by atoms with E-state index in [9.17, 15) is 9.59 Å². The second-order valence-electron chi connectivity index (χ2n) is 7.10. The van der Waals surface area contributed by atoms with Gasteiger partial charge in [0.05, 0.1) is 11.3 Å². The minimum Gasteiger partial charge on any atom is -0.361 e. The predicted octanol–water partition coefficient (Wildman–Crippen LogP) is 5.32. The number of carbonyl (C=O) groups excluding carboxylic acids is 2. The number of nitrogens with zero attached hydrogens (tertiary/aromatic N) is 2. The zero-order chi connectivity index (χ0) is 22.4. The van der Waals surface area contributed by atoms with Crippen LogP contribution < -0.4 is 5.32 Å². The molecule has 31 heavy (non-hydrogen) atoms. The number of aryl methyl sites for hydroxylation is 2. The summed E-state index contributed by atoms with van der Waals surface area (Å²) in [5.74, 6) is 1.20. The Morgan fingerprint density at radius 1 is 1.06 bits per heavy atom. The van der Waals surface area contributed by atoms with Crippen LogP contribution in [0.1, 0.15) is 51.6 Å². The summed E-state index contributed by atoms with van der Waals surface area (Å²) in [4.78, 5) is 28.2. The van der Waals surface area contributed by atoms with Crippen molar-refractivity contribution < 1.29 is 14.1 Å². The summed E-state index contributed by atoms with van der Waals surface area (Å²) in [6, 6.07) is 14.5. The minimum atomic E-state index is -0.214. The molecule has 1 aromatic heterocycles. The molecule has 0 aliphatic carbocycles. The van der Waals surface area contributed by atoms with Crippen LogP contribution in [0, 0.1) is 13.8 Å². The van der Waals surface area contributed by atoms with Gasteiger partial charge in [0, 0.05) is 40.6 Å². The summed E-state index contributed by atoms with van der Waals surface area (Å²) >= 11 is 1.57. The van der Waals surface area contributed by atoms with E-state index in [1.807, 2.05) is 45.9 Å². The van der Waals surface area contributed by atoms with Crippen molar-refractivity contribution in [3.05, 3.63) is 76.7 Å². The van der Waals surface area contributed by atoms with Gasteiger partial charge in [0.1, 0.15) is 5.76 Å². The van der Waals surface area contributed by atoms with E-state index >= 15 is 0 Å². The summed E-state index contributed by atoms with van der Waals surface area (Å²) in [6.07, 6.45) is 0. The summed E-state index contributed by atoms with van der Waals surface area (Å²) in [7, 11) is 0. The maximum Gasteiger partial charge on any atom is 0.256 e. The van der Waals surface area contributed by atoms with Gasteiger partial charge in [0.15, 0.2) is 0 Å². The first kappa shape index (κ1) is 22.6. The molecule has 1 N–H and O–H groups in total. The molecule has 0 atom stereocenters. The lowest BCUT2D eigenvalue weighted by Crippen LogP contribution is -2.30. The normalized spacial score (nSPS) is 10.7. The number of hydrogen-bond acceptors (Lipinski definition) is 5. The highest BCUT2D eigenvalue weighted by molar-refractivity contribution is 7.98. The zero-order valence-electron chi connectivity index (χ0n) is 18.3. The van der Waals surface area contributed by atoms with Crippen molar-refractivity contribution in [1.82, 2.24) is 10.1 Å². The molecule has 0 aliphatic rings. The van der Waals surface area contributed by atoms with Crippen molar-refractivity contribution in [1.29, 1.82) is 0 Å². The lowest BCUT2D eigenvalue weighted by molar-refractivity contribution is 0.0772. The Balaban J connectivity index is 1.76. The van der Waals surface area contributed by atoms with E-state index in [4.69, 9.17) is 4.52 Å². The van der Waals surface area contributed by atoms with Gasteiger partial charge in [-0.1, -0.05) is 23.4 Å². The number of rotatable bonds is 8. The average molecular weight is 438 g/mol. The first-order valence-corrected chi connectivity index (χ1v) is 11.3. The van der Waals surface area contributed by atoms with E-state index in [1.54, 1.807) is 47.0 Å². The maximum atomic E-state index is 13.0. The Morgan fingerprint density at radius 2 is 1.81 bits per heavy atom. The molecule has 0 aliphatic heterocycles. The molecule has 1 heterocycles. The lowest BCUT2D eigenvalue weighted by atomic mass is 10.1. The van der Waals surface area contributed by atoms with Crippen LogP contribution in [0.2, 0.25) is 0 Å². The van der Waals surface area contributed by atoms with Gasteiger partial charge in [0.25, 0.3) is 11.8 Å². The summed E-state index contributed by atoms with van der Waals surface area (Å²) in [5, 5.41) is 6.92. The topological polar surface area (TPSA) is 75.4 Å². The van der Waals surface area contributed by atoms with Gasteiger partial charge in [-0.05, 0) is 58.0 Å². The van der Waals surface area contributed by atoms with Gasteiger partial charge >= 0.3 is 0 Å². The van der Waals surface area contributed by atoms with Crippen molar-refractivity contribution in [2.24, 2.45) is 0 Å². The van der Waals surface area contributed by atoms with Crippen LogP contribution in [0.15, 0.2) is 57.9 Å². The van der Waals surface area contributed by atoms with Crippen molar-refractivity contribution in [3.8, 4) is 0 Å². The Kier molecular flexibility index (Phi) is 7.52. The molecule has 0 unspecified atom stereocenters. The zero-order valence-corrected chi connectivity index (χ0v) is 19.1. The van der Waals surface area contributed by atoms with Gasteiger partial charge in [-0.3, -0.25) is 9.59 Å². The Morgan fingerprint density at radius 3 is 2.48 bits per heavy atom. The number of anilines is 1. The van der Waals surface area contributed by atoms with Gasteiger partial charge in [-0.15, -0.1) is 11.8 Å². The molecule has 0 fully saturated rings. The van der Waals surface area contributed by atoms with E-state index in [-0.39, 0.29) is 11.8 Å². The molecular weight excluding hydrogens is 410 g/mol. The number of carbonyl (C=O) groups is 2. The summed E-state index contributed by atoms with van der Waals surface area (Å²) < 4.78 is 5.23. The number of hydrogen-bond donors (Lipinski definition) is 1. The third-order valence-corrected chi connectivity index (χ3v) is 6.20. The number of thioether (sulfide) groups is 1. The standard InChI is InChI=1S/C24H27N3O3S/c1-5-27(6-2)24(29)18-10-9-11-19(14-18)25-23(28)20-12-7-8-13-22(20)31-15-21-16(3)26-30-17(21)4/h7-14H,5-6,15H2,1-4H3,(H,25,28). The van der Waals surface area contributed by atoms with Crippen LogP contribution >= 0.6 is 11.8 Å². The Hall–Kier alpha value is -3.06. The van der Waals surface area contributed by atoms with Crippen LogP contribution in [0.5, 0.6) is 0 Å². The number of aromatic nitrogens is 1. The minimum absolute atomic E-state index is 0.0449. The quantitative estimate of drug-likeness (QED) is 0.483. The molecule has 0 radical (unpaired) electrons. The van der Waals surface area contributed by atoms with E-state index in [0.717, 1.165) is 21.9 Å². The summed E-state index contributed by atoms with van der Waals surface area (Å²) in [5.41, 5.74) is 3.64. The number of benzene rings is 2. The Labute approximate surface area is 187 Å². The Bertz CT molecular complexity index is 1050. The molecule has 7 heteroatoms. The second kappa shape index (κ2) is 10.3. The molecule has 162 valence electrons. The van der Waals surface area contributed by atoms with Crippen LogP contribution in [-0.2, 0) is 5.75 Å². The molecular formula is C24H27N3O3S. The van der Waals surface area contributed by atoms with Crippen molar-refractivity contribution in [2.45, 2.75) is 38.3 Å². The third kappa shape index (κ3) is 5.35. The fourth-order valence-electron chi connectivity index (χ4n) is 3.26. The first-order valence-electron chi connectivity index (χ1n) is 10.3. The van der Waals surface area contributed by atoms with Crippen LogP contribution in [-0.4, -0.2) is 35.0 Å². The van der Waals surface area contributed by atoms with Gasteiger partial charge in [-0.2, -0.15) is 0 Å². The molecule has 3 aromatic rings. The molecule has 3 rings (SSSR count). The van der Waals surface area contributed by atoms with E-state index in [1.165, 1.54) is 0 Å². The average Bonchev–Trinajstić information content (AvgIpc) is 3.10. The SMILES string of the molecule is CCN(CC)C(=O)c1cccc(NC(=O)c2ccccc2SCc2c(C)noc2C)c1. The van der Waals surface area contributed by atoms with Crippen molar-refractivity contribution >= 4 is 29.3 Å². The van der Waals surface area contributed by atoms with Crippen molar-refractivity contribution in [3.63, 3.8) is 0 Å². The highest BCUT2D eigenvalue weighted by atomic mass is 32.2. The van der Waals surface area contributed by atoms with E-state index < -0.39 is 0 Å². The number of nitrogens with one attached hydrogen (secondary N) is 1. The monoisotopic (exact) mass is 437 g/mol. The molecule has 0 saturated carbocycles. The van der Waals surface area contributed by atoms with Crippen LogP contribution in [0.3, 0.4) is 0 Å². The van der Waals surface area contributed by atoms with Gasteiger partial charge in [0.2, 0.25) is 0 Å². The molecule has 2 amide bonds. The molecule has 0 saturated heterocycles. The highest BCUT2D eigenvalue weighted by Crippen LogP contribution is 2.29. The van der Waals surface area contributed by atoms with E-state index in [0.29, 0.717) is 35.7 Å². The van der Waals surface area contributed by atoms with Gasteiger partial charge in [-0.25, -0.2) is 0 Å². The third-order valence-electron chi connectivity index (χ3n) is 5.10. The molecule has 2 aromatic carbocycles. The lowest BCUT2D eigenvalue weighted by Gasteiger charge is -2.19. The van der Waals surface area contributed by atoms with Crippen LogP contribution in [0.4, 0.5) is 5.69 Å². The van der Waals surface area contributed by atoms with Crippen molar-refractivity contribution in [2.75, 3.05) is 18.4 Å². The fraction of sp³-hybridized carbons (Fsp3) is 0.292. The fourth-order valence-corrected chi connectivity index (χ4v) is 4.46. The maximum absolute atomic E-state index is 13.0. The molecule has 0 bridgehead atoms. The van der Waals surface area contributed by atoms with E-state index in [2.05, 4.69) is 10.5 Å². The first-order chi connectivity index (χ1) is 14.9. The molecule has 0 spiro atoms.